The predicted octanol–water partition coefficient (Wildman–Crippen LogP) is 18.3. The summed E-state index contributed by atoms with van der Waals surface area (Å²) in [5, 5.41) is 0. The van der Waals surface area contributed by atoms with Crippen LogP contribution in [-0.2, 0) is 28.6 Å². The lowest BCUT2D eigenvalue weighted by Gasteiger charge is -2.18. The molecule has 0 bridgehead atoms. The Morgan fingerprint density at radius 2 is 0.571 bits per heavy atom. The van der Waals surface area contributed by atoms with Gasteiger partial charge in [-0.2, -0.15) is 0 Å². The van der Waals surface area contributed by atoms with Crippen LogP contribution in [0.15, 0.2) is 24.3 Å². The minimum atomic E-state index is -0.766. The van der Waals surface area contributed by atoms with Gasteiger partial charge in [-0.25, -0.2) is 0 Å². The van der Waals surface area contributed by atoms with Gasteiger partial charge in [0.1, 0.15) is 13.2 Å². The molecule has 0 heterocycles. The van der Waals surface area contributed by atoms with Crippen molar-refractivity contribution in [2.75, 3.05) is 13.2 Å². The molecule has 0 saturated carbocycles. The number of hydrogen-bond acceptors (Lipinski definition) is 6. The second-order valence-electron chi connectivity index (χ2n) is 18.9. The molecule has 0 amide bonds. The molecule has 370 valence electrons. The Labute approximate surface area is 392 Å². The number of hydrogen-bond donors (Lipinski definition) is 0. The van der Waals surface area contributed by atoms with Crippen molar-refractivity contribution < 1.29 is 28.6 Å². The van der Waals surface area contributed by atoms with Crippen LogP contribution in [0.25, 0.3) is 0 Å². The van der Waals surface area contributed by atoms with E-state index in [-0.39, 0.29) is 31.1 Å². The molecule has 63 heavy (non-hydrogen) atoms. The van der Waals surface area contributed by atoms with E-state index in [0.717, 1.165) is 64.2 Å². The summed E-state index contributed by atoms with van der Waals surface area (Å²) in [7, 11) is 0. The lowest BCUT2D eigenvalue weighted by atomic mass is 10.0. The molecule has 6 nitrogen and oxygen atoms in total. The zero-order chi connectivity index (χ0) is 45.8. The van der Waals surface area contributed by atoms with E-state index in [2.05, 4.69) is 45.1 Å². The summed E-state index contributed by atoms with van der Waals surface area (Å²) in [6.07, 6.45) is 60.1. The highest BCUT2D eigenvalue weighted by molar-refractivity contribution is 5.71. The van der Waals surface area contributed by atoms with Crippen molar-refractivity contribution in [3.63, 3.8) is 0 Å². The number of carbonyl (C=O) groups excluding carboxylic acids is 3. The molecule has 0 aliphatic carbocycles. The van der Waals surface area contributed by atoms with E-state index in [1.165, 1.54) is 199 Å². The summed E-state index contributed by atoms with van der Waals surface area (Å²) in [6.45, 7) is 6.65. The van der Waals surface area contributed by atoms with Crippen molar-refractivity contribution in [1.29, 1.82) is 0 Å². The van der Waals surface area contributed by atoms with Gasteiger partial charge in [0.25, 0.3) is 0 Å². The Kier molecular flexibility index (Phi) is 50.8. The third-order valence-electron chi connectivity index (χ3n) is 12.5. The van der Waals surface area contributed by atoms with Gasteiger partial charge in [0.15, 0.2) is 6.10 Å². The van der Waals surface area contributed by atoms with Crippen molar-refractivity contribution in [3.05, 3.63) is 24.3 Å². The first kappa shape index (κ1) is 60.9. The SMILES string of the molecule is CCCCC/C=C\C/C=C\CCCCCCCCCCCC(=O)OC[C@H](COC(=O)CCCCCCCCCCCCCCC)OC(=O)CCCCCCCCCCCCCCC. The highest BCUT2D eigenvalue weighted by Crippen LogP contribution is 2.16. The van der Waals surface area contributed by atoms with Crippen LogP contribution in [0.5, 0.6) is 0 Å². The normalized spacial score (nSPS) is 12.1. The minimum Gasteiger partial charge on any atom is -0.462 e. The molecular formula is C57H106O6. The summed E-state index contributed by atoms with van der Waals surface area (Å²) < 4.78 is 16.8. The van der Waals surface area contributed by atoms with Crippen LogP contribution < -0.4 is 0 Å². The Hall–Kier alpha value is -2.11. The molecule has 0 fully saturated rings. The highest BCUT2D eigenvalue weighted by Gasteiger charge is 2.19. The standard InChI is InChI=1S/C57H106O6/c1-4-7-10-13-16-19-22-25-26-27-28-29-30-33-35-38-41-44-47-50-56(59)62-53-54(63-57(60)51-48-45-42-39-36-32-24-21-18-15-12-9-6-3)52-61-55(58)49-46-43-40-37-34-31-23-20-17-14-11-8-5-2/h16,19,25-26,54H,4-15,17-18,20-24,27-53H2,1-3H3/b19-16-,26-25-/t54-/m0/s1. The molecule has 1 atom stereocenters. The zero-order valence-electron chi connectivity index (χ0n) is 42.4. The van der Waals surface area contributed by atoms with Crippen LogP contribution in [0.1, 0.15) is 303 Å². The fourth-order valence-electron chi connectivity index (χ4n) is 8.24. The van der Waals surface area contributed by atoms with Gasteiger partial charge in [0, 0.05) is 19.3 Å². The van der Waals surface area contributed by atoms with E-state index < -0.39 is 6.10 Å². The van der Waals surface area contributed by atoms with Crippen molar-refractivity contribution in [1.82, 2.24) is 0 Å². The van der Waals surface area contributed by atoms with Crippen LogP contribution in [0.4, 0.5) is 0 Å². The van der Waals surface area contributed by atoms with Crippen molar-refractivity contribution in [2.45, 2.75) is 309 Å². The van der Waals surface area contributed by atoms with Crippen LogP contribution in [-0.4, -0.2) is 37.2 Å². The maximum absolute atomic E-state index is 12.8. The summed E-state index contributed by atoms with van der Waals surface area (Å²) in [6, 6.07) is 0. The maximum Gasteiger partial charge on any atom is 0.306 e. The maximum atomic E-state index is 12.8. The van der Waals surface area contributed by atoms with Gasteiger partial charge in [-0.3, -0.25) is 14.4 Å². The van der Waals surface area contributed by atoms with Crippen LogP contribution in [0.3, 0.4) is 0 Å². The Bertz CT molecular complexity index is 1020. The fourth-order valence-corrected chi connectivity index (χ4v) is 8.24. The van der Waals surface area contributed by atoms with Gasteiger partial charge in [-0.15, -0.1) is 0 Å². The molecule has 0 aliphatic rings. The first-order valence-electron chi connectivity index (χ1n) is 27.8. The number of rotatable bonds is 51. The smallest absolute Gasteiger partial charge is 0.306 e. The number of carbonyl (C=O) groups is 3. The monoisotopic (exact) mass is 887 g/mol. The molecule has 0 saturated heterocycles. The highest BCUT2D eigenvalue weighted by atomic mass is 16.6. The summed E-state index contributed by atoms with van der Waals surface area (Å²) >= 11 is 0. The van der Waals surface area contributed by atoms with Crippen LogP contribution in [0.2, 0.25) is 0 Å². The van der Waals surface area contributed by atoms with Gasteiger partial charge in [-0.05, 0) is 51.4 Å². The van der Waals surface area contributed by atoms with E-state index in [4.69, 9.17) is 14.2 Å². The lowest BCUT2D eigenvalue weighted by molar-refractivity contribution is -0.167. The Morgan fingerprint density at radius 3 is 0.905 bits per heavy atom. The average Bonchev–Trinajstić information content (AvgIpc) is 3.28. The van der Waals surface area contributed by atoms with E-state index >= 15 is 0 Å². The molecule has 0 aromatic rings. The number of ether oxygens (including phenoxy) is 3. The van der Waals surface area contributed by atoms with Crippen LogP contribution >= 0.6 is 0 Å². The zero-order valence-corrected chi connectivity index (χ0v) is 42.4. The molecule has 6 heteroatoms. The molecule has 0 unspecified atom stereocenters. The third kappa shape index (κ3) is 50.7. The Morgan fingerprint density at radius 1 is 0.317 bits per heavy atom. The first-order chi connectivity index (χ1) is 31.0. The van der Waals surface area contributed by atoms with E-state index in [9.17, 15) is 14.4 Å². The van der Waals surface area contributed by atoms with Crippen molar-refractivity contribution >= 4 is 17.9 Å². The summed E-state index contributed by atoms with van der Waals surface area (Å²) in [5.41, 5.74) is 0. The lowest BCUT2D eigenvalue weighted by Crippen LogP contribution is -2.30. The molecule has 0 aromatic heterocycles. The fraction of sp³-hybridized carbons (Fsp3) is 0.877. The topological polar surface area (TPSA) is 78.9 Å². The van der Waals surface area contributed by atoms with Gasteiger partial charge in [0.2, 0.25) is 0 Å². The third-order valence-corrected chi connectivity index (χ3v) is 12.5. The summed E-state index contributed by atoms with van der Waals surface area (Å²) in [5.74, 6) is -0.853. The number of allylic oxidation sites excluding steroid dienone is 4. The molecule has 0 radical (unpaired) electrons. The molecule has 0 rings (SSSR count). The predicted molar refractivity (Wildman–Crippen MR) is 270 cm³/mol. The molecular weight excluding hydrogens is 781 g/mol. The molecule has 0 spiro atoms. The molecule has 0 N–H and O–H groups in total. The van der Waals surface area contributed by atoms with E-state index in [1.807, 2.05) is 0 Å². The first-order valence-corrected chi connectivity index (χ1v) is 27.8. The van der Waals surface area contributed by atoms with Crippen LogP contribution in [0, 0.1) is 0 Å². The second-order valence-corrected chi connectivity index (χ2v) is 18.9. The van der Waals surface area contributed by atoms with E-state index in [1.54, 1.807) is 0 Å². The van der Waals surface area contributed by atoms with Gasteiger partial charge < -0.3 is 14.2 Å². The second kappa shape index (κ2) is 52.5. The summed E-state index contributed by atoms with van der Waals surface area (Å²) in [4.78, 5) is 38.0. The number of unbranched alkanes of at least 4 members (excludes halogenated alkanes) is 36. The minimum absolute atomic E-state index is 0.0670. The van der Waals surface area contributed by atoms with Gasteiger partial charge >= 0.3 is 17.9 Å². The quantitative estimate of drug-likeness (QED) is 0.0262. The van der Waals surface area contributed by atoms with Crippen molar-refractivity contribution in [2.24, 2.45) is 0 Å². The van der Waals surface area contributed by atoms with Gasteiger partial charge in [0.05, 0.1) is 0 Å². The average molecular weight is 887 g/mol. The van der Waals surface area contributed by atoms with Crippen molar-refractivity contribution in [3.8, 4) is 0 Å². The Balaban J connectivity index is 4.30. The van der Waals surface area contributed by atoms with E-state index in [0.29, 0.717) is 19.3 Å². The number of esters is 3. The van der Waals surface area contributed by atoms with Gasteiger partial charge in [-0.1, -0.05) is 257 Å². The molecule has 0 aliphatic heterocycles. The largest absolute Gasteiger partial charge is 0.462 e. The molecule has 0 aromatic carbocycles.